The van der Waals surface area contributed by atoms with Crippen LogP contribution in [-0.2, 0) is 14.3 Å². The summed E-state index contributed by atoms with van der Waals surface area (Å²) in [7, 11) is 0. The van der Waals surface area contributed by atoms with Crippen molar-refractivity contribution in [1.82, 2.24) is 0 Å². The average Bonchev–Trinajstić information content (AvgIpc) is 2.14. The van der Waals surface area contributed by atoms with Crippen LogP contribution in [0.3, 0.4) is 0 Å². The Labute approximate surface area is 83.3 Å². The minimum Gasteiger partial charge on any atom is -0.481 e. The molecule has 0 rings (SSSR count). The van der Waals surface area contributed by atoms with Crippen molar-refractivity contribution in [3.8, 4) is 12.3 Å². The molecule has 0 saturated carbocycles. The maximum absolute atomic E-state index is 10.9. The molecule has 1 N–H and O–H groups in total. The van der Waals surface area contributed by atoms with Gasteiger partial charge < -0.3 is 9.84 Å². The number of ether oxygens (including phenoxy) is 1. The van der Waals surface area contributed by atoms with E-state index in [-0.39, 0.29) is 12.8 Å². The molecular formula is C10H14O4. The Kier molecular flexibility index (Phi) is 7.24. The highest BCUT2D eigenvalue weighted by Crippen LogP contribution is 1.97. The van der Waals surface area contributed by atoms with Gasteiger partial charge in [0.25, 0.3) is 0 Å². The van der Waals surface area contributed by atoms with Gasteiger partial charge >= 0.3 is 11.9 Å². The number of carbonyl (C=O) groups excluding carboxylic acids is 1. The van der Waals surface area contributed by atoms with E-state index >= 15 is 0 Å². The van der Waals surface area contributed by atoms with Gasteiger partial charge in [0.15, 0.2) is 0 Å². The van der Waals surface area contributed by atoms with Gasteiger partial charge in [0.2, 0.25) is 0 Å². The highest BCUT2D eigenvalue weighted by atomic mass is 16.5. The number of aliphatic carboxylic acids is 1. The smallest absolute Gasteiger partial charge is 0.306 e. The third kappa shape index (κ3) is 8.60. The minimum absolute atomic E-state index is 0.0650. The van der Waals surface area contributed by atoms with Crippen molar-refractivity contribution in [2.24, 2.45) is 0 Å². The first-order valence-electron chi connectivity index (χ1n) is 4.47. The van der Waals surface area contributed by atoms with E-state index in [1.165, 1.54) is 0 Å². The summed E-state index contributed by atoms with van der Waals surface area (Å²) in [5.41, 5.74) is 0. The quantitative estimate of drug-likeness (QED) is 0.379. The van der Waals surface area contributed by atoms with E-state index in [4.69, 9.17) is 16.3 Å². The minimum atomic E-state index is -0.991. The Morgan fingerprint density at radius 3 is 2.57 bits per heavy atom. The number of carboxylic acid groups (broad SMARTS) is 1. The largest absolute Gasteiger partial charge is 0.481 e. The number of unbranched alkanes of at least 4 members (excludes halogenated alkanes) is 2. The molecule has 0 amide bonds. The van der Waals surface area contributed by atoms with Gasteiger partial charge in [-0.1, -0.05) is 0 Å². The van der Waals surface area contributed by atoms with E-state index in [9.17, 15) is 9.59 Å². The molecule has 0 aromatic rings. The number of carboxylic acids is 1. The first-order valence-corrected chi connectivity index (χ1v) is 4.47. The van der Waals surface area contributed by atoms with Crippen molar-refractivity contribution in [3.05, 3.63) is 0 Å². The van der Waals surface area contributed by atoms with Gasteiger partial charge in [-0.2, -0.15) is 0 Å². The highest BCUT2D eigenvalue weighted by molar-refractivity contribution is 5.76. The predicted molar refractivity (Wildman–Crippen MR) is 50.5 cm³/mol. The van der Waals surface area contributed by atoms with Crippen molar-refractivity contribution in [2.45, 2.75) is 32.1 Å². The zero-order chi connectivity index (χ0) is 10.8. The first-order chi connectivity index (χ1) is 6.66. The van der Waals surface area contributed by atoms with E-state index in [0.717, 1.165) is 12.8 Å². The van der Waals surface area contributed by atoms with E-state index in [1.54, 1.807) is 0 Å². The SMILES string of the molecule is C#CCCCCOC(=O)CCC(=O)O. The molecule has 4 nitrogen and oxygen atoms in total. The Balaban J connectivity index is 3.28. The first kappa shape index (κ1) is 12.5. The predicted octanol–water partition coefficient (Wildman–Crippen LogP) is 1.20. The third-order valence-electron chi connectivity index (χ3n) is 1.52. The lowest BCUT2D eigenvalue weighted by molar-refractivity contribution is -0.147. The molecule has 78 valence electrons. The molecule has 0 aliphatic rings. The van der Waals surface area contributed by atoms with E-state index in [2.05, 4.69) is 5.92 Å². The van der Waals surface area contributed by atoms with Crippen molar-refractivity contribution >= 4 is 11.9 Å². The summed E-state index contributed by atoms with van der Waals surface area (Å²) < 4.78 is 4.77. The fourth-order valence-electron chi connectivity index (χ4n) is 0.796. The summed E-state index contributed by atoms with van der Waals surface area (Å²) in [5.74, 6) is 1.02. The van der Waals surface area contributed by atoms with Gasteiger partial charge in [0.05, 0.1) is 19.4 Å². The molecule has 0 aliphatic carbocycles. The molecule has 0 radical (unpaired) electrons. The molecule has 0 aromatic carbocycles. The molecule has 0 atom stereocenters. The summed E-state index contributed by atoms with van der Waals surface area (Å²) >= 11 is 0. The molecule has 0 fully saturated rings. The lowest BCUT2D eigenvalue weighted by Gasteiger charge is -2.02. The summed E-state index contributed by atoms with van der Waals surface area (Å²) in [6, 6.07) is 0. The zero-order valence-corrected chi connectivity index (χ0v) is 7.99. The van der Waals surface area contributed by atoms with Crippen molar-refractivity contribution in [1.29, 1.82) is 0 Å². The number of terminal acetylenes is 1. The maximum Gasteiger partial charge on any atom is 0.306 e. The summed E-state index contributed by atoms with van der Waals surface area (Å²) in [6.07, 6.45) is 7.01. The van der Waals surface area contributed by atoms with E-state index < -0.39 is 11.9 Å². The Bertz CT molecular complexity index is 227. The lowest BCUT2D eigenvalue weighted by Crippen LogP contribution is -2.08. The second-order valence-electron chi connectivity index (χ2n) is 2.78. The number of hydrogen-bond acceptors (Lipinski definition) is 3. The molecule has 0 aliphatic heterocycles. The van der Waals surface area contributed by atoms with Crippen LogP contribution in [0.25, 0.3) is 0 Å². The molecule has 4 heteroatoms. The second kappa shape index (κ2) is 8.11. The molecule has 0 bridgehead atoms. The van der Waals surface area contributed by atoms with Crippen LogP contribution in [-0.4, -0.2) is 23.7 Å². The van der Waals surface area contributed by atoms with Crippen LogP contribution < -0.4 is 0 Å². The average molecular weight is 198 g/mol. The van der Waals surface area contributed by atoms with Gasteiger partial charge in [-0.15, -0.1) is 12.3 Å². The van der Waals surface area contributed by atoms with Gasteiger partial charge in [0.1, 0.15) is 0 Å². The van der Waals surface area contributed by atoms with Crippen LogP contribution in [0.5, 0.6) is 0 Å². The summed E-state index contributed by atoms with van der Waals surface area (Å²) in [4.78, 5) is 20.9. The molecule has 14 heavy (non-hydrogen) atoms. The normalized spacial score (nSPS) is 9.07. The van der Waals surface area contributed by atoms with E-state index in [1.807, 2.05) is 0 Å². The fraction of sp³-hybridized carbons (Fsp3) is 0.600. The standard InChI is InChI=1S/C10H14O4/c1-2-3-4-5-8-14-10(13)7-6-9(11)12/h1H,3-8H2,(H,11,12). The van der Waals surface area contributed by atoms with Crippen molar-refractivity contribution in [2.75, 3.05) is 6.61 Å². The van der Waals surface area contributed by atoms with Crippen LogP contribution in [0.2, 0.25) is 0 Å². The molecule has 0 saturated heterocycles. The Morgan fingerprint density at radius 1 is 1.29 bits per heavy atom. The maximum atomic E-state index is 10.9. The molecular weight excluding hydrogens is 184 g/mol. The Morgan fingerprint density at radius 2 is 2.00 bits per heavy atom. The van der Waals surface area contributed by atoms with Crippen LogP contribution in [0.4, 0.5) is 0 Å². The van der Waals surface area contributed by atoms with Gasteiger partial charge in [-0.05, 0) is 12.8 Å². The monoisotopic (exact) mass is 198 g/mol. The molecule has 0 heterocycles. The molecule has 0 aromatic heterocycles. The summed E-state index contributed by atoms with van der Waals surface area (Å²) in [6.45, 7) is 0.320. The van der Waals surface area contributed by atoms with Crippen LogP contribution in [0.1, 0.15) is 32.1 Å². The van der Waals surface area contributed by atoms with Crippen LogP contribution >= 0.6 is 0 Å². The number of hydrogen-bond donors (Lipinski definition) is 1. The molecule has 0 spiro atoms. The topological polar surface area (TPSA) is 63.6 Å². The molecule has 0 unspecified atom stereocenters. The lowest BCUT2D eigenvalue weighted by atomic mass is 10.2. The third-order valence-corrected chi connectivity index (χ3v) is 1.52. The van der Waals surface area contributed by atoms with Gasteiger partial charge in [-0.3, -0.25) is 9.59 Å². The Hall–Kier alpha value is -1.50. The highest BCUT2D eigenvalue weighted by Gasteiger charge is 2.05. The number of rotatable bonds is 7. The van der Waals surface area contributed by atoms with Crippen molar-refractivity contribution in [3.63, 3.8) is 0 Å². The summed E-state index contributed by atoms with van der Waals surface area (Å²) in [5, 5.41) is 8.27. The van der Waals surface area contributed by atoms with Crippen LogP contribution in [0, 0.1) is 12.3 Å². The van der Waals surface area contributed by atoms with Gasteiger partial charge in [-0.25, -0.2) is 0 Å². The second-order valence-corrected chi connectivity index (χ2v) is 2.78. The van der Waals surface area contributed by atoms with E-state index in [0.29, 0.717) is 13.0 Å². The fourth-order valence-corrected chi connectivity index (χ4v) is 0.796. The van der Waals surface area contributed by atoms with Gasteiger partial charge in [0, 0.05) is 6.42 Å². The number of carbonyl (C=O) groups is 2. The number of esters is 1. The van der Waals surface area contributed by atoms with Crippen LogP contribution in [0.15, 0.2) is 0 Å². The zero-order valence-electron chi connectivity index (χ0n) is 7.99. The van der Waals surface area contributed by atoms with Crippen molar-refractivity contribution < 1.29 is 19.4 Å².